The molecule has 3 N–H and O–H groups in total. The summed E-state index contributed by atoms with van der Waals surface area (Å²) in [6, 6.07) is 10.7. The number of anilines is 1. The van der Waals surface area contributed by atoms with Gasteiger partial charge in [-0.15, -0.1) is 0 Å². The molecule has 0 aromatic heterocycles. The van der Waals surface area contributed by atoms with Crippen molar-refractivity contribution < 1.29 is 0 Å². The molecule has 1 aromatic carbocycles. The molecule has 0 amide bonds. The average Bonchev–Trinajstić information content (AvgIpc) is 2.57. The highest BCUT2D eigenvalue weighted by atomic mass is 15.2. The Hall–Kier alpha value is -1.06. The van der Waals surface area contributed by atoms with Crippen molar-refractivity contribution in [1.82, 2.24) is 5.32 Å². The van der Waals surface area contributed by atoms with Gasteiger partial charge in [-0.05, 0) is 37.4 Å². The summed E-state index contributed by atoms with van der Waals surface area (Å²) in [5, 5.41) is 3.81. The molecule has 0 atom stereocenters. The maximum atomic E-state index is 6.11. The first kappa shape index (κ1) is 16.3. The number of nitrogens with two attached hydrogens (primary N) is 1. The van der Waals surface area contributed by atoms with Crippen molar-refractivity contribution in [1.29, 1.82) is 0 Å². The number of benzene rings is 1. The highest BCUT2D eigenvalue weighted by Gasteiger charge is 2.33. The van der Waals surface area contributed by atoms with Gasteiger partial charge >= 0.3 is 0 Å². The Balaban J connectivity index is 1.90. The molecule has 1 aliphatic rings. The van der Waals surface area contributed by atoms with E-state index in [1.165, 1.54) is 18.5 Å². The van der Waals surface area contributed by atoms with E-state index in [-0.39, 0.29) is 5.54 Å². The lowest BCUT2D eigenvalue weighted by atomic mass is 9.86. The number of rotatable bonds is 7. The normalized spacial score (nSPS) is 18.2. The number of hydrogen-bond acceptors (Lipinski definition) is 3. The first-order chi connectivity index (χ1) is 10.2. The summed E-state index contributed by atoms with van der Waals surface area (Å²) < 4.78 is 0. The molecule has 21 heavy (non-hydrogen) atoms. The van der Waals surface area contributed by atoms with E-state index < -0.39 is 0 Å². The molecule has 0 radical (unpaired) electrons. The zero-order chi connectivity index (χ0) is 15.1. The molecule has 0 spiro atoms. The van der Waals surface area contributed by atoms with Crippen molar-refractivity contribution in [2.75, 3.05) is 31.1 Å². The third-order valence-electron chi connectivity index (χ3n) is 5.15. The number of hydrogen-bond donors (Lipinski definition) is 2. The highest BCUT2D eigenvalue weighted by Crippen LogP contribution is 2.26. The van der Waals surface area contributed by atoms with E-state index in [2.05, 4.69) is 54.4 Å². The van der Waals surface area contributed by atoms with E-state index in [9.17, 15) is 0 Å². The fourth-order valence-electron chi connectivity index (χ4n) is 3.22. The smallest absolute Gasteiger partial charge is 0.0366 e. The van der Waals surface area contributed by atoms with Crippen LogP contribution in [0.25, 0.3) is 0 Å². The predicted molar refractivity (Wildman–Crippen MR) is 91.7 cm³/mol. The Morgan fingerprint density at radius 1 is 1.14 bits per heavy atom. The van der Waals surface area contributed by atoms with Crippen LogP contribution in [0.5, 0.6) is 0 Å². The summed E-state index contributed by atoms with van der Waals surface area (Å²) in [4.78, 5) is 2.48. The Kier molecular flexibility index (Phi) is 6.07. The molecule has 2 rings (SSSR count). The minimum atomic E-state index is 0.147. The highest BCUT2D eigenvalue weighted by molar-refractivity contribution is 5.46. The first-order valence-electron chi connectivity index (χ1n) is 8.48. The van der Waals surface area contributed by atoms with Crippen molar-refractivity contribution in [3.63, 3.8) is 0 Å². The number of nitrogens with zero attached hydrogens (tertiary/aromatic N) is 1. The molecule has 3 nitrogen and oxygen atoms in total. The van der Waals surface area contributed by atoms with Crippen LogP contribution in [0.3, 0.4) is 0 Å². The zero-order valence-corrected chi connectivity index (χ0v) is 13.6. The second-order valence-corrected chi connectivity index (χ2v) is 6.37. The lowest BCUT2D eigenvalue weighted by Gasteiger charge is -2.43. The van der Waals surface area contributed by atoms with Crippen LogP contribution in [0, 0.1) is 5.92 Å². The van der Waals surface area contributed by atoms with Gasteiger partial charge in [0.05, 0.1) is 0 Å². The summed E-state index contributed by atoms with van der Waals surface area (Å²) in [6.07, 6.45) is 4.78. The number of nitrogens with one attached hydrogen (secondary N) is 1. The third-order valence-corrected chi connectivity index (χ3v) is 5.15. The fourth-order valence-corrected chi connectivity index (χ4v) is 3.22. The molecule has 1 fully saturated rings. The summed E-state index contributed by atoms with van der Waals surface area (Å²) in [6.45, 7) is 8.60. The van der Waals surface area contributed by atoms with E-state index in [0.29, 0.717) is 0 Å². The van der Waals surface area contributed by atoms with Crippen LogP contribution in [-0.2, 0) is 0 Å². The maximum absolute atomic E-state index is 6.11. The zero-order valence-electron chi connectivity index (χ0n) is 13.6. The van der Waals surface area contributed by atoms with Crippen molar-refractivity contribution >= 4 is 5.69 Å². The van der Waals surface area contributed by atoms with Crippen molar-refractivity contribution in [2.45, 2.75) is 45.1 Å². The van der Waals surface area contributed by atoms with E-state index in [4.69, 9.17) is 5.73 Å². The SMILES string of the molecule is CCC(CC)CNC1(CN)CCN(c2ccccc2)CC1. The van der Waals surface area contributed by atoms with Crippen molar-refractivity contribution in [2.24, 2.45) is 11.7 Å². The molecular formula is C18H31N3. The van der Waals surface area contributed by atoms with Crippen molar-refractivity contribution in [3.05, 3.63) is 30.3 Å². The van der Waals surface area contributed by atoms with Crippen molar-refractivity contribution in [3.8, 4) is 0 Å². The minimum absolute atomic E-state index is 0.147. The molecule has 1 saturated heterocycles. The molecule has 118 valence electrons. The standard InChI is InChI=1S/C18H31N3/c1-3-16(4-2)14-20-18(15-19)10-12-21(13-11-18)17-8-6-5-7-9-17/h5-9,16,20H,3-4,10-15,19H2,1-2H3. The lowest BCUT2D eigenvalue weighted by Crippen LogP contribution is -2.58. The second kappa shape index (κ2) is 7.81. The van der Waals surface area contributed by atoms with Gasteiger partial charge in [0.25, 0.3) is 0 Å². The number of piperidine rings is 1. The molecule has 0 saturated carbocycles. The van der Waals surface area contributed by atoms with Gasteiger partial charge in [-0.25, -0.2) is 0 Å². The topological polar surface area (TPSA) is 41.3 Å². The van der Waals surface area contributed by atoms with E-state index in [1.54, 1.807) is 0 Å². The molecule has 0 unspecified atom stereocenters. The minimum Gasteiger partial charge on any atom is -0.371 e. The summed E-state index contributed by atoms with van der Waals surface area (Å²) >= 11 is 0. The van der Waals surface area contributed by atoms with Crippen LogP contribution in [0.2, 0.25) is 0 Å². The van der Waals surface area contributed by atoms with Gasteiger partial charge in [0, 0.05) is 30.9 Å². The van der Waals surface area contributed by atoms with E-state index in [0.717, 1.165) is 44.9 Å². The lowest BCUT2D eigenvalue weighted by molar-refractivity contribution is 0.247. The van der Waals surface area contributed by atoms with Gasteiger partial charge in [0.15, 0.2) is 0 Å². The summed E-state index contributed by atoms with van der Waals surface area (Å²) in [5.41, 5.74) is 7.59. The summed E-state index contributed by atoms with van der Waals surface area (Å²) in [5.74, 6) is 0.778. The first-order valence-corrected chi connectivity index (χ1v) is 8.48. The third kappa shape index (κ3) is 4.21. The van der Waals surface area contributed by atoms with Gasteiger partial charge in [-0.2, -0.15) is 0 Å². The van der Waals surface area contributed by atoms with Crippen LogP contribution in [-0.4, -0.2) is 31.7 Å². The van der Waals surface area contributed by atoms with Crippen LogP contribution in [0.1, 0.15) is 39.5 Å². The maximum Gasteiger partial charge on any atom is 0.0366 e. The Morgan fingerprint density at radius 2 is 1.76 bits per heavy atom. The van der Waals surface area contributed by atoms with Crippen LogP contribution in [0.4, 0.5) is 5.69 Å². The van der Waals surface area contributed by atoms with E-state index >= 15 is 0 Å². The van der Waals surface area contributed by atoms with Crippen LogP contribution in [0.15, 0.2) is 30.3 Å². The Labute approximate surface area is 129 Å². The van der Waals surface area contributed by atoms with Gasteiger partial charge in [-0.3, -0.25) is 0 Å². The van der Waals surface area contributed by atoms with Crippen LogP contribution >= 0.6 is 0 Å². The fraction of sp³-hybridized carbons (Fsp3) is 0.667. The molecule has 0 aliphatic carbocycles. The largest absolute Gasteiger partial charge is 0.371 e. The number of para-hydroxylation sites is 1. The second-order valence-electron chi connectivity index (χ2n) is 6.37. The van der Waals surface area contributed by atoms with Crippen LogP contribution < -0.4 is 16.0 Å². The molecule has 0 bridgehead atoms. The van der Waals surface area contributed by atoms with Gasteiger partial charge in [-0.1, -0.05) is 44.9 Å². The molecule has 1 aliphatic heterocycles. The summed E-state index contributed by atoms with van der Waals surface area (Å²) in [7, 11) is 0. The molecular weight excluding hydrogens is 258 g/mol. The molecule has 1 aromatic rings. The predicted octanol–water partition coefficient (Wildman–Crippen LogP) is 3.01. The van der Waals surface area contributed by atoms with E-state index in [1.807, 2.05) is 0 Å². The van der Waals surface area contributed by atoms with Gasteiger partial charge in [0.2, 0.25) is 0 Å². The molecule has 1 heterocycles. The Bertz CT molecular complexity index is 392. The van der Waals surface area contributed by atoms with Gasteiger partial charge < -0.3 is 16.0 Å². The quantitative estimate of drug-likeness (QED) is 0.811. The Morgan fingerprint density at radius 3 is 2.29 bits per heavy atom. The monoisotopic (exact) mass is 289 g/mol. The molecule has 3 heteroatoms. The average molecular weight is 289 g/mol. The van der Waals surface area contributed by atoms with Gasteiger partial charge in [0.1, 0.15) is 0 Å².